The summed E-state index contributed by atoms with van der Waals surface area (Å²) in [7, 11) is -2.17. The molecule has 3 N–H and O–H groups in total. The lowest BCUT2D eigenvalue weighted by Gasteiger charge is -2.10. The Bertz CT molecular complexity index is 1110. The number of nitrogens with one attached hydrogen (secondary N) is 3. The first-order valence-corrected chi connectivity index (χ1v) is 10.6. The number of amides is 2. The van der Waals surface area contributed by atoms with Gasteiger partial charge in [-0.15, -0.1) is 11.3 Å². The van der Waals surface area contributed by atoms with Gasteiger partial charge in [0, 0.05) is 29.5 Å². The number of hydrogen-bond acceptors (Lipinski definition) is 5. The van der Waals surface area contributed by atoms with Gasteiger partial charge in [-0.2, -0.15) is 0 Å². The molecule has 0 radical (unpaired) electrons. The van der Waals surface area contributed by atoms with E-state index in [1.165, 1.54) is 19.2 Å². The van der Waals surface area contributed by atoms with Gasteiger partial charge in [-0.3, -0.25) is 14.3 Å². The molecule has 0 unspecified atom stereocenters. The Morgan fingerprint density at radius 1 is 0.857 bits per heavy atom. The summed E-state index contributed by atoms with van der Waals surface area (Å²) in [6.45, 7) is 0. The standard InChI is InChI=1S/C19H17N3O4S2/c1-20-18(23)13-5-2-7-15(11-13)21-19(24)14-6-3-8-16(12-14)22-28(25,26)17-9-4-10-27-17/h2-12,22H,1H3,(H,20,23)(H,21,24). The van der Waals surface area contributed by atoms with E-state index in [1.54, 1.807) is 53.9 Å². The fourth-order valence-electron chi connectivity index (χ4n) is 2.43. The second-order valence-electron chi connectivity index (χ2n) is 5.73. The first-order valence-electron chi connectivity index (χ1n) is 8.19. The van der Waals surface area contributed by atoms with Gasteiger partial charge < -0.3 is 10.6 Å². The van der Waals surface area contributed by atoms with Crippen LogP contribution in [0.3, 0.4) is 0 Å². The SMILES string of the molecule is CNC(=O)c1cccc(NC(=O)c2cccc(NS(=O)(=O)c3cccs3)c2)c1. The average molecular weight is 415 g/mol. The van der Waals surface area contributed by atoms with E-state index in [0.29, 0.717) is 11.3 Å². The highest BCUT2D eigenvalue weighted by molar-refractivity contribution is 7.94. The van der Waals surface area contributed by atoms with Crippen molar-refractivity contribution in [2.75, 3.05) is 17.1 Å². The maximum atomic E-state index is 12.5. The molecule has 9 heteroatoms. The molecule has 0 saturated heterocycles. The van der Waals surface area contributed by atoms with Crippen molar-refractivity contribution < 1.29 is 18.0 Å². The van der Waals surface area contributed by atoms with E-state index in [9.17, 15) is 18.0 Å². The minimum Gasteiger partial charge on any atom is -0.355 e. The molecule has 0 aliphatic carbocycles. The Kier molecular flexibility index (Phi) is 5.76. The fraction of sp³-hybridized carbons (Fsp3) is 0.0526. The maximum Gasteiger partial charge on any atom is 0.271 e. The highest BCUT2D eigenvalue weighted by Crippen LogP contribution is 2.21. The second kappa shape index (κ2) is 8.24. The molecule has 2 aromatic carbocycles. The molecule has 3 rings (SSSR count). The number of benzene rings is 2. The van der Waals surface area contributed by atoms with E-state index >= 15 is 0 Å². The van der Waals surface area contributed by atoms with Crippen LogP contribution in [0.1, 0.15) is 20.7 Å². The van der Waals surface area contributed by atoms with Crippen LogP contribution in [-0.2, 0) is 10.0 Å². The summed E-state index contributed by atoms with van der Waals surface area (Å²) in [6.07, 6.45) is 0. The Morgan fingerprint density at radius 2 is 1.50 bits per heavy atom. The zero-order chi connectivity index (χ0) is 20.1. The average Bonchev–Trinajstić information content (AvgIpc) is 3.23. The Hall–Kier alpha value is -3.17. The molecular weight excluding hydrogens is 398 g/mol. The first kappa shape index (κ1) is 19.6. The summed E-state index contributed by atoms with van der Waals surface area (Å²) < 4.78 is 27.3. The number of rotatable bonds is 6. The quantitative estimate of drug-likeness (QED) is 0.575. The molecule has 1 heterocycles. The van der Waals surface area contributed by atoms with Gasteiger partial charge in [0.25, 0.3) is 21.8 Å². The first-order chi connectivity index (χ1) is 13.4. The molecule has 144 valence electrons. The van der Waals surface area contributed by atoms with Crippen LogP contribution >= 0.6 is 11.3 Å². The van der Waals surface area contributed by atoms with Crippen LogP contribution in [-0.4, -0.2) is 27.3 Å². The van der Waals surface area contributed by atoms with Gasteiger partial charge in [-0.05, 0) is 47.8 Å². The summed E-state index contributed by atoms with van der Waals surface area (Å²) in [5, 5.41) is 6.89. The molecule has 0 saturated carbocycles. The Morgan fingerprint density at radius 3 is 2.14 bits per heavy atom. The van der Waals surface area contributed by atoms with Crippen molar-refractivity contribution in [3.63, 3.8) is 0 Å². The topological polar surface area (TPSA) is 104 Å². The van der Waals surface area contributed by atoms with Gasteiger partial charge in [-0.25, -0.2) is 8.42 Å². The van der Waals surface area contributed by atoms with E-state index in [2.05, 4.69) is 15.4 Å². The van der Waals surface area contributed by atoms with Gasteiger partial charge in [0.2, 0.25) is 0 Å². The molecule has 28 heavy (non-hydrogen) atoms. The van der Waals surface area contributed by atoms with E-state index in [1.807, 2.05) is 0 Å². The van der Waals surface area contributed by atoms with Crippen LogP contribution in [0.25, 0.3) is 0 Å². The number of carbonyl (C=O) groups excluding carboxylic acids is 2. The van der Waals surface area contributed by atoms with Crippen LogP contribution in [0.2, 0.25) is 0 Å². The van der Waals surface area contributed by atoms with Crippen LogP contribution < -0.4 is 15.4 Å². The molecule has 0 aliphatic heterocycles. The van der Waals surface area contributed by atoms with Crippen molar-refractivity contribution in [2.45, 2.75) is 4.21 Å². The van der Waals surface area contributed by atoms with Crippen molar-refractivity contribution >= 4 is 44.5 Å². The fourth-order valence-corrected chi connectivity index (χ4v) is 4.47. The van der Waals surface area contributed by atoms with Crippen LogP contribution in [0, 0.1) is 0 Å². The number of carbonyl (C=O) groups is 2. The van der Waals surface area contributed by atoms with Crippen molar-refractivity contribution in [1.29, 1.82) is 0 Å². The van der Waals surface area contributed by atoms with Crippen molar-refractivity contribution in [1.82, 2.24) is 5.32 Å². The third-order valence-electron chi connectivity index (χ3n) is 3.75. The smallest absolute Gasteiger partial charge is 0.271 e. The normalized spacial score (nSPS) is 10.9. The highest BCUT2D eigenvalue weighted by atomic mass is 32.2. The zero-order valence-electron chi connectivity index (χ0n) is 14.8. The van der Waals surface area contributed by atoms with Crippen molar-refractivity contribution in [3.8, 4) is 0 Å². The molecule has 0 bridgehead atoms. The predicted molar refractivity (Wildman–Crippen MR) is 109 cm³/mol. The lowest BCUT2D eigenvalue weighted by molar-refractivity contribution is 0.0961. The molecule has 3 aromatic rings. The van der Waals surface area contributed by atoms with Gasteiger partial charge in [0.05, 0.1) is 0 Å². The predicted octanol–water partition coefficient (Wildman–Crippen LogP) is 3.16. The molecule has 1 aromatic heterocycles. The maximum absolute atomic E-state index is 12.5. The Labute approximate surface area is 166 Å². The monoisotopic (exact) mass is 415 g/mol. The molecule has 0 fully saturated rings. The molecule has 0 atom stereocenters. The highest BCUT2D eigenvalue weighted by Gasteiger charge is 2.16. The van der Waals surface area contributed by atoms with Crippen LogP contribution in [0.5, 0.6) is 0 Å². The summed E-state index contributed by atoms with van der Waals surface area (Å²) in [5.74, 6) is -0.688. The van der Waals surface area contributed by atoms with Gasteiger partial charge in [-0.1, -0.05) is 18.2 Å². The minimum atomic E-state index is -3.70. The van der Waals surface area contributed by atoms with E-state index in [4.69, 9.17) is 0 Å². The number of anilines is 2. The van der Waals surface area contributed by atoms with E-state index in [-0.39, 0.29) is 21.4 Å². The van der Waals surface area contributed by atoms with Crippen LogP contribution in [0.4, 0.5) is 11.4 Å². The number of sulfonamides is 1. The summed E-state index contributed by atoms with van der Waals surface area (Å²) in [6, 6.07) is 15.8. The minimum absolute atomic E-state index is 0.188. The molecular formula is C19H17N3O4S2. The number of thiophene rings is 1. The van der Waals surface area contributed by atoms with Crippen molar-refractivity contribution in [2.24, 2.45) is 0 Å². The van der Waals surface area contributed by atoms with E-state index in [0.717, 1.165) is 11.3 Å². The van der Waals surface area contributed by atoms with E-state index < -0.39 is 15.9 Å². The third kappa shape index (κ3) is 4.56. The largest absolute Gasteiger partial charge is 0.355 e. The third-order valence-corrected chi connectivity index (χ3v) is 6.53. The zero-order valence-corrected chi connectivity index (χ0v) is 16.4. The summed E-state index contributed by atoms with van der Waals surface area (Å²) >= 11 is 1.10. The van der Waals surface area contributed by atoms with Gasteiger partial charge in [0.15, 0.2) is 0 Å². The number of hydrogen-bond donors (Lipinski definition) is 3. The second-order valence-corrected chi connectivity index (χ2v) is 8.59. The molecule has 0 aliphatic rings. The lowest BCUT2D eigenvalue weighted by atomic mass is 10.1. The summed E-state index contributed by atoms with van der Waals surface area (Å²) in [5.41, 5.74) is 1.42. The molecule has 0 spiro atoms. The van der Waals surface area contributed by atoms with Gasteiger partial charge in [0.1, 0.15) is 4.21 Å². The van der Waals surface area contributed by atoms with Crippen molar-refractivity contribution in [3.05, 3.63) is 77.2 Å². The lowest BCUT2D eigenvalue weighted by Crippen LogP contribution is -2.18. The Balaban J connectivity index is 1.77. The van der Waals surface area contributed by atoms with Crippen LogP contribution in [0.15, 0.2) is 70.3 Å². The van der Waals surface area contributed by atoms with Gasteiger partial charge >= 0.3 is 0 Å². The summed E-state index contributed by atoms with van der Waals surface area (Å²) in [4.78, 5) is 24.2. The molecule has 2 amide bonds. The molecule has 7 nitrogen and oxygen atoms in total.